The van der Waals surface area contributed by atoms with E-state index in [1.165, 1.54) is 36.2 Å². The number of anilines is 1. The van der Waals surface area contributed by atoms with Crippen LogP contribution in [0.15, 0.2) is 48.7 Å². The minimum atomic E-state index is 0.507. The minimum absolute atomic E-state index is 0.507. The fraction of sp³-hybridized carbons (Fsp3) is 0.381. The van der Waals surface area contributed by atoms with Crippen molar-refractivity contribution in [1.82, 2.24) is 15.1 Å². The molecule has 0 amide bonds. The lowest BCUT2D eigenvalue weighted by Crippen LogP contribution is -2.41. The van der Waals surface area contributed by atoms with Crippen LogP contribution in [0.2, 0.25) is 0 Å². The molecule has 2 N–H and O–H groups in total. The van der Waals surface area contributed by atoms with Gasteiger partial charge in [0.25, 0.3) is 0 Å². The maximum atomic E-state index is 4.10. The molecule has 1 aromatic heterocycles. The number of benzene rings is 2. The zero-order chi connectivity index (χ0) is 17.1. The Morgan fingerprint density at radius 2 is 2.00 bits per heavy atom. The number of H-pyrrole nitrogens is 1. The second-order valence-electron chi connectivity index (χ2n) is 7.06. The van der Waals surface area contributed by atoms with Crippen molar-refractivity contribution >= 4 is 16.6 Å². The van der Waals surface area contributed by atoms with Gasteiger partial charge >= 0.3 is 0 Å². The number of likely N-dealkylation sites (tertiary alicyclic amines) is 1. The van der Waals surface area contributed by atoms with Gasteiger partial charge in [-0.1, -0.05) is 31.2 Å². The highest BCUT2D eigenvalue weighted by Gasteiger charge is 2.20. The third kappa shape index (κ3) is 3.85. The summed E-state index contributed by atoms with van der Waals surface area (Å²) in [4.78, 5) is 2.57. The van der Waals surface area contributed by atoms with Crippen LogP contribution in [0.4, 0.5) is 5.69 Å². The number of rotatable bonds is 5. The quantitative estimate of drug-likeness (QED) is 0.735. The molecule has 0 bridgehead atoms. The highest BCUT2D eigenvalue weighted by Crippen LogP contribution is 2.21. The smallest absolute Gasteiger partial charge is 0.0651 e. The second kappa shape index (κ2) is 7.28. The monoisotopic (exact) mass is 334 g/mol. The Morgan fingerprint density at radius 1 is 1.16 bits per heavy atom. The van der Waals surface area contributed by atoms with Crippen molar-refractivity contribution in [3.8, 4) is 0 Å². The number of fused-ring (bicyclic) bond motifs is 1. The summed E-state index contributed by atoms with van der Waals surface area (Å²) in [6.07, 6.45) is 5.47. The molecular formula is C21H26N4. The van der Waals surface area contributed by atoms with Gasteiger partial charge in [-0.25, -0.2) is 0 Å². The van der Waals surface area contributed by atoms with Gasteiger partial charge in [0.05, 0.1) is 11.7 Å². The Morgan fingerprint density at radius 3 is 2.84 bits per heavy atom. The topological polar surface area (TPSA) is 44.0 Å². The van der Waals surface area contributed by atoms with Gasteiger partial charge in [0.15, 0.2) is 0 Å². The van der Waals surface area contributed by atoms with Crippen molar-refractivity contribution in [3.63, 3.8) is 0 Å². The van der Waals surface area contributed by atoms with E-state index in [1.54, 1.807) is 0 Å². The summed E-state index contributed by atoms with van der Waals surface area (Å²) in [6, 6.07) is 16.0. The number of aryl methyl sites for hydroxylation is 1. The molecule has 2 aromatic carbocycles. The van der Waals surface area contributed by atoms with Crippen molar-refractivity contribution in [2.75, 3.05) is 18.4 Å². The van der Waals surface area contributed by atoms with Gasteiger partial charge in [-0.2, -0.15) is 5.10 Å². The molecule has 1 aliphatic rings. The summed E-state index contributed by atoms with van der Waals surface area (Å²) in [5.74, 6) is 0. The van der Waals surface area contributed by atoms with Gasteiger partial charge < -0.3 is 5.32 Å². The fourth-order valence-corrected chi connectivity index (χ4v) is 3.72. The lowest BCUT2D eigenvalue weighted by molar-refractivity contribution is 0.208. The van der Waals surface area contributed by atoms with E-state index >= 15 is 0 Å². The number of hydrogen-bond acceptors (Lipinski definition) is 3. The summed E-state index contributed by atoms with van der Waals surface area (Å²) in [5.41, 5.74) is 5.11. The van der Waals surface area contributed by atoms with E-state index in [0.29, 0.717) is 6.04 Å². The first-order valence-electron chi connectivity index (χ1n) is 9.30. The number of hydrogen-bond donors (Lipinski definition) is 2. The molecule has 4 rings (SSSR count). The summed E-state index contributed by atoms with van der Waals surface area (Å²) in [7, 11) is 0. The Labute approximate surface area is 149 Å². The van der Waals surface area contributed by atoms with Crippen LogP contribution in [0, 0.1) is 0 Å². The highest BCUT2D eigenvalue weighted by molar-refractivity contribution is 5.81. The third-order valence-electron chi connectivity index (χ3n) is 5.15. The van der Waals surface area contributed by atoms with Crippen LogP contribution in [-0.2, 0) is 13.0 Å². The van der Waals surface area contributed by atoms with Crippen molar-refractivity contribution in [1.29, 1.82) is 0 Å². The largest absolute Gasteiger partial charge is 0.381 e. The van der Waals surface area contributed by atoms with Crippen LogP contribution in [-0.4, -0.2) is 34.2 Å². The van der Waals surface area contributed by atoms with Gasteiger partial charge in [0.1, 0.15) is 0 Å². The molecule has 4 heteroatoms. The molecule has 1 fully saturated rings. The number of piperidine rings is 1. The van der Waals surface area contributed by atoms with Crippen molar-refractivity contribution in [3.05, 3.63) is 59.8 Å². The van der Waals surface area contributed by atoms with E-state index in [1.807, 2.05) is 6.20 Å². The number of aromatic amines is 1. The molecule has 2 heterocycles. The standard InChI is InChI=1S/C21H26N4/c1-2-16-5-7-17(8-6-16)14-25-11-3-4-20(15-25)23-19-9-10-21-18(12-19)13-22-24-21/h5-10,12-13,20,23H,2-4,11,14-15H2,1H3,(H,22,24)/t20-/m1/s1. The molecule has 0 aliphatic carbocycles. The van der Waals surface area contributed by atoms with E-state index in [4.69, 9.17) is 0 Å². The van der Waals surface area contributed by atoms with E-state index < -0.39 is 0 Å². The zero-order valence-electron chi connectivity index (χ0n) is 14.8. The lowest BCUT2D eigenvalue weighted by atomic mass is 10.0. The lowest BCUT2D eigenvalue weighted by Gasteiger charge is -2.33. The molecular weight excluding hydrogens is 308 g/mol. The Bertz CT molecular complexity index is 821. The van der Waals surface area contributed by atoms with E-state index in [0.717, 1.165) is 30.4 Å². The average molecular weight is 334 g/mol. The zero-order valence-corrected chi connectivity index (χ0v) is 14.8. The third-order valence-corrected chi connectivity index (χ3v) is 5.15. The molecule has 1 saturated heterocycles. The highest BCUT2D eigenvalue weighted by atomic mass is 15.2. The van der Waals surface area contributed by atoms with Gasteiger partial charge in [-0.3, -0.25) is 10.00 Å². The van der Waals surface area contributed by atoms with Crippen molar-refractivity contribution < 1.29 is 0 Å². The molecule has 0 spiro atoms. The first kappa shape index (κ1) is 16.2. The normalized spacial score (nSPS) is 18.5. The molecule has 0 unspecified atom stereocenters. The molecule has 1 aliphatic heterocycles. The van der Waals surface area contributed by atoms with E-state index in [9.17, 15) is 0 Å². The average Bonchev–Trinajstić information content (AvgIpc) is 3.10. The van der Waals surface area contributed by atoms with Gasteiger partial charge in [0, 0.05) is 30.2 Å². The van der Waals surface area contributed by atoms with Crippen LogP contribution in [0.5, 0.6) is 0 Å². The molecule has 130 valence electrons. The van der Waals surface area contributed by atoms with Crippen LogP contribution in [0.1, 0.15) is 30.9 Å². The van der Waals surface area contributed by atoms with E-state index in [2.05, 4.69) is 69.8 Å². The van der Waals surface area contributed by atoms with Gasteiger partial charge in [-0.05, 0) is 55.1 Å². The first-order valence-corrected chi connectivity index (χ1v) is 9.30. The van der Waals surface area contributed by atoms with Crippen molar-refractivity contribution in [2.45, 2.75) is 38.8 Å². The van der Waals surface area contributed by atoms with E-state index in [-0.39, 0.29) is 0 Å². The van der Waals surface area contributed by atoms with Gasteiger partial charge in [-0.15, -0.1) is 0 Å². The van der Waals surface area contributed by atoms with Crippen LogP contribution in [0.3, 0.4) is 0 Å². The number of nitrogens with zero attached hydrogens (tertiary/aromatic N) is 2. The molecule has 0 saturated carbocycles. The van der Waals surface area contributed by atoms with Crippen molar-refractivity contribution in [2.24, 2.45) is 0 Å². The predicted octanol–water partition coefficient (Wildman–Crippen LogP) is 4.20. The maximum Gasteiger partial charge on any atom is 0.0651 e. The maximum absolute atomic E-state index is 4.10. The fourth-order valence-electron chi connectivity index (χ4n) is 3.72. The minimum Gasteiger partial charge on any atom is -0.381 e. The number of aromatic nitrogens is 2. The summed E-state index contributed by atoms with van der Waals surface area (Å²) in [5, 5.41) is 12.0. The van der Waals surface area contributed by atoms with Crippen LogP contribution < -0.4 is 5.32 Å². The molecule has 3 aromatic rings. The Kier molecular flexibility index (Phi) is 4.70. The second-order valence-corrected chi connectivity index (χ2v) is 7.06. The Hall–Kier alpha value is -2.33. The first-order chi connectivity index (χ1) is 12.3. The molecule has 25 heavy (non-hydrogen) atoms. The molecule has 4 nitrogen and oxygen atoms in total. The van der Waals surface area contributed by atoms with Crippen LogP contribution in [0.25, 0.3) is 10.9 Å². The van der Waals surface area contributed by atoms with Crippen LogP contribution >= 0.6 is 0 Å². The summed E-state index contributed by atoms with van der Waals surface area (Å²) < 4.78 is 0. The number of nitrogens with one attached hydrogen (secondary N) is 2. The summed E-state index contributed by atoms with van der Waals surface area (Å²) >= 11 is 0. The SMILES string of the molecule is CCc1ccc(CN2CCC[C@@H](Nc3ccc4[nH]ncc4c3)C2)cc1. The molecule has 0 radical (unpaired) electrons. The Balaban J connectivity index is 1.38. The predicted molar refractivity (Wildman–Crippen MR) is 104 cm³/mol. The van der Waals surface area contributed by atoms with Gasteiger partial charge in [0.2, 0.25) is 0 Å². The summed E-state index contributed by atoms with van der Waals surface area (Å²) in [6.45, 7) is 5.53. The molecule has 1 atom stereocenters.